The van der Waals surface area contributed by atoms with E-state index in [0.717, 1.165) is 43.2 Å². The molecule has 9 heteroatoms. The summed E-state index contributed by atoms with van der Waals surface area (Å²) in [6, 6.07) is 11.9. The van der Waals surface area contributed by atoms with Crippen molar-refractivity contribution in [2.45, 2.75) is 95.7 Å². The van der Waals surface area contributed by atoms with Crippen molar-refractivity contribution in [1.29, 1.82) is 0 Å². The Morgan fingerprint density at radius 3 is 2.10 bits per heavy atom. The van der Waals surface area contributed by atoms with E-state index in [0.29, 0.717) is 23.5 Å². The molecule has 2 amide bonds. The summed E-state index contributed by atoms with van der Waals surface area (Å²) >= 11 is 0. The van der Waals surface area contributed by atoms with Gasteiger partial charge in [0.2, 0.25) is 0 Å². The van der Waals surface area contributed by atoms with Crippen LogP contribution in [0.15, 0.2) is 42.5 Å². The van der Waals surface area contributed by atoms with Crippen LogP contribution in [0.5, 0.6) is 0 Å². The zero-order chi connectivity index (χ0) is 28.7. The molecular formula is C31H40F3N3O3. The molecule has 3 saturated carbocycles. The maximum atomic E-state index is 13.2. The van der Waals surface area contributed by atoms with Crippen LogP contribution in [-0.2, 0) is 4.79 Å². The van der Waals surface area contributed by atoms with Gasteiger partial charge in [-0.25, -0.2) is 4.79 Å². The lowest BCUT2D eigenvalue weighted by Gasteiger charge is -2.37. The molecule has 3 N–H and O–H groups in total. The van der Waals surface area contributed by atoms with E-state index < -0.39 is 30.5 Å². The van der Waals surface area contributed by atoms with Crippen LogP contribution in [0.1, 0.15) is 87.7 Å². The number of carbonyl (C=O) groups is 2. The van der Waals surface area contributed by atoms with E-state index >= 15 is 0 Å². The zero-order valence-electron chi connectivity index (χ0n) is 23.1. The Hall–Kier alpha value is -3.23. The van der Waals surface area contributed by atoms with Crippen LogP contribution in [-0.4, -0.2) is 35.9 Å². The van der Waals surface area contributed by atoms with E-state index in [1.165, 1.54) is 25.7 Å². The first kappa shape index (κ1) is 29.7. The second-order valence-electron chi connectivity index (χ2n) is 11.3. The molecule has 0 radical (unpaired) electrons. The fourth-order valence-electron chi connectivity index (χ4n) is 5.28. The summed E-state index contributed by atoms with van der Waals surface area (Å²) in [4.78, 5) is 26.1. The highest BCUT2D eigenvalue weighted by Gasteiger charge is 2.44. The quantitative estimate of drug-likeness (QED) is 0.303. The van der Waals surface area contributed by atoms with E-state index in [1.807, 2.05) is 19.1 Å². The summed E-state index contributed by atoms with van der Waals surface area (Å²) in [6.07, 6.45) is 5.79. The largest absolute Gasteiger partial charge is 0.481 e. The Kier molecular flexibility index (Phi) is 9.98. The third kappa shape index (κ3) is 8.63. The van der Waals surface area contributed by atoms with Crippen molar-refractivity contribution in [2.24, 2.45) is 5.92 Å². The Labute approximate surface area is 234 Å². The molecule has 0 aliphatic heterocycles. The second-order valence-corrected chi connectivity index (χ2v) is 11.3. The molecule has 0 saturated heterocycles. The van der Waals surface area contributed by atoms with E-state index in [-0.39, 0.29) is 18.5 Å². The van der Waals surface area contributed by atoms with Gasteiger partial charge in [-0.3, -0.25) is 4.79 Å². The Morgan fingerprint density at radius 1 is 0.925 bits per heavy atom. The number of amides is 2. The standard InChI is InChI=1S/C27H32F3N3O3.C4H8/c1-17-7-10-19(11-8-17)31-26(36)32-23-15-18(21-16-22(21)25(34)35)9-12-24(23)33(14-13-27(28,29)30)20-5-3-2-4-6-20;1-2-4-3-1/h7-12,15,20-22H,2-6,13-14,16H2,1H3,(H,34,35)(H2,31,32,36);1-4H2/t21-,22-;/m0./s1. The lowest BCUT2D eigenvalue weighted by molar-refractivity contribution is -0.138. The summed E-state index contributed by atoms with van der Waals surface area (Å²) < 4.78 is 39.6. The van der Waals surface area contributed by atoms with Crippen molar-refractivity contribution in [3.63, 3.8) is 0 Å². The van der Waals surface area contributed by atoms with Gasteiger partial charge < -0.3 is 20.6 Å². The summed E-state index contributed by atoms with van der Waals surface area (Å²) in [5.74, 6) is -1.52. The highest BCUT2D eigenvalue weighted by atomic mass is 19.4. The normalized spacial score (nSPS) is 20.4. The number of urea groups is 1. The number of carboxylic acid groups (broad SMARTS) is 1. The lowest BCUT2D eigenvalue weighted by Crippen LogP contribution is -2.39. The van der Waals surface area contributed by atoms with Gasteiger partial charge in [0.1, 0.15) is 0 Å². The Bertz CT molecular complexity index is 1140. The van der Waals surface area contributed by atoms with Crippen molar-refractivity contribution in [2.75, 3.05) is 22.1 Å². The van der Waals surface area contributed by atoms with Gasteiger partial charge in [-0.15, -0.1) is 0 Å². The average Bonchev–Trinajstić information content (AvgIpc) is 3.67. The minimum Gasteiger partial charge on any atom is -0.481 e. The molecule has 3 fully saturated rings. The number of aliphatic carboxylic acids is 1. The van der Waals surface area contributed by atoms with Crippen LogP contribution in [0.4, 0.5) is 35.0 Å². The highest BCUT2D eigenvalue weighted by Crippen LogP contribution is 2.49. The van der Waals surface area contributed by atoms with Gasteiger partial charge in [0, 0.05) is 18.3 Å². The summed E-state index contributed by atoms with van der Waals surface area (Å²) in [7, 11) is 0. The molecule has 0 aromatic heterocycles. The first-order valence-corrected chi connectivity index (χ1v) is 14.5. The fourth-order valence-corrected chi connectivity index (χ4v) is 5.28. The first-order valence-electron chi connectivity index (χ1n) is 14.5. The number of hydrogen-bond donors (Lipinski definition) is 3. The molecule has 40 heavy (non-hydrogen) atoms. The molecule has 3 aliphatic rings. The molecule has 3 aliphatic carbocycles. The van der Waals surface area contributed by atoms with Gasteiger partial charge in [-0.2, -0.15) is 13.2 Å². The summed E-state index contributed by atoms with van der Waals surface area (Å²) in [5, 5.41) is 15.0. The molecule has 218 valence electrons. The number of hydrogen-bond acceptors (Lipinski definition) is 3. The van der Waals surface area contributed by atoms with Gasteiger partial charge in [0.25, 0.3) is 0 Å². The number of halogens is 3. The van der Waals surface area contributed by atoms with Crippen LogP contribution in [0.25, 0.3) is 0 Å². The van der Waals surface area contributed by atoms with Gasteiger partial charge in [0.15, 0.2) is 0 Å². The monoisotopic (exact) mass is 559 g/mol. The van der Waals surface area contributed by atoms with Crippen LogP contribution >= 0.6 is 0 Å². The van der Waals surface area contributed by atoms with Crippen molar-refractivity contribution < 1.29 is 27.9 Å². The van der Waals surface area contributed by atoms with E-state index in [4.69, 9.17) is 0 Å². The Balaban J connectivity index is 0.000000848. The Morgan fingerprint density at radius 2 is 1.55 bits per heavy atom. The number of anilines is 3. The number of carboxylic acids is 1. The van der Waals surface area contributed by atoms with Gasteiger partial charge in [-0.1, -0.05) is 68.7 Å². The fraction of sp³-hybridized carbons (Fsp3) is 0.548. The number of carbonyl (C=O) groups excluding carboxylic acids is 1. The maximum absolute atomic E-state index is 13.2. The predicted octanol–water partition coefficient (Wildman–Crippen LogP) is 8.48. The number of nitrogens with one attached hydrogen (secondary N) is 2. The molecule has 2 aromatic rings. The second kappa shape index (κ2) is 13.4. The topological polar surface area (TPSA) is 81.7 Å². The number of nitrogens with zero attached hydrogens (tertiary/aromatic N) is 1. The molecule has 2 atom stereocenters. The highest BCUT2D eigenvalue weighted by molar-refractivity contribution is 6.02. The van der Waals surface area contributed by atoms with Crippen LogP contribution < -0.4 is 15.5 Å². The summed E-state index contributed by atoms with van der Waals surface area (Å²) in [6.45, 7) is 1.73. The smallest absolute Gasteiger partial charge is 0.390 e. The molecule has 6 nitrogen and oxygen atoms in total. The van der Waals surface area contributed by atoms with Crippen molar-refractivity contribution in [3.8, 4) is 0 Å². The van der Waals surface area contributed by atoms with E-state index in [1.54, 1.807) is 35.2 Å². The SMILES string of the molecule is C1CCC1.Cc1ccc(NC(=O)Nc2cc([C@@H]3C[C@@H]3C(=O)O)ccc2N(CCC(F)(F)F)C2CCCCC2)cc1. The average molecular weight is 560 g/mol. The molecule has 2 aromatic carbocycles. The third-order valence-electron chi connectivity index (χ3n) is 8.08. The molecular weight excluding hydrogens is 519 g/mol. The van der Waals surface area contributed by atoms with Crippen LogP contribution in [0, 0.1) is 12.8 Å². The molecule has 0 spiro atoms. The minimum absolute atomic E-state index is 0.0552. The number of benzene rings is 2. The van der Waals surface area contributed by atoms with Crippen molar-refractivity contribution in [1.82, 2.24) is 0 Å². The van der Waals surface area contributed by atoms with Gasteiger partial charge in [-0.05, 0) is 61.9 Å². The zero-order valence-corrected chi connectivity index (χ0v) is 23.1. The maximum Gasteiger partial charge on any atom is 0.390 e. The first-order chi connectivity index (χ1) is 19.1. The van der Waals surface area contributed by atoms with E-state index in [2.05, 4.69) is 10.6 Å². The lowest BCUT2D eigenvalue weighted by atomic mass is 9.93. The van der Waals surface area contributed by atoms with Gasteiger partial charge >= 0.3 is 18.2 Å². The van der Waals surface area contributed by atoms with Crippen molar-refractivity contribution >= 4 is 29.1 Å². The molecule has 5 rings (SSSR count). The number of aryl methyl sites for hydroxylation is 1. The summed E-state index contributed by atoms with van der Waals surface area (Å²) in [5.41, 5.74) is 3.31. The van der Waals surface area contributed by atoms with Crippen LogP contribution in [0.2, 0.25) is 0 Å². The molecule has 0 heterocycles. The van der Waals surface area contributed by atoms with E-state index in [9.17, 15) is 27.9 Å². The third-order valence-corrected chi connectivity index (χ3v) is 8.08. The van der Waals surface area contributed by atoms with Crippen LogP contribution in [0.3, 0.4) is 0 Å². The predicted molar refractivity (Wildman–Crippen MR) is 152 cm³/mol. The molecule has 0 bridgehead atoms. The molecule has 0 unspecified atom stereocenters. The minimum atomic E-state index is -4.30. The number of alkyl halides is 3. The van der Waals surface area contributed by atoms with Crippen molar-refractivity contribution in [3.05, 3.63) is 53.6 Å². The van der Waals surface area contributed by atoms with Gasteiger partial charge in [0.05, 0.1) is 23.7 Å². The number of rotatable bonds is 8.